The molecule has 0 unspecified atom stereocenters. The van der Waals surface area contributed by atoms with Crippen molar-refractivity contribution in [3.8, 4) is 11.3 Å². The van der Waals surface area contributed by atoms with Gasteiger partial charge in [-0.15, -0.1) is 0 Å². The molecule has 0 fully saturated rings. The van der Waals surface area contributed by atoms with E-state index in [1.54, 1.807) is 10.7 Å². The van der Waals surface area contributed by atoms with Gasteiger partial charge in [0.2, 0.25) is 0 Å². The lowest BCUT2D eigenvalue weighted by atomic mass is 10.1. The number of rotatable bonds is 2. The highest BCUT2D eigenvalue weighted by Crippen LogP contribution is 2.32. The van der Waals surface area contributed by atoms with E-state index in [1.807, 2.05) is 44.2 Å². The molecule has 3 aromatic rings. The first kappa shape index (κ1) is 13.3. The van der Waals surface area contributed by atoms with Crippen LogP contribution in [-0.4, -0.2) is 9.78 Å². The summed E-state index contributed by atoms with van der Waals surface area (Å²) in [5, 5.41) is 5.46. The summed E-state index contributed by atoms with van der Waals surface area (Å²) < 4.78 is 16.9. The molecule has 0 saturated carbocycles. The maximum Gasteiger partial charge on any atom is 0.149 e. The van der Waals surface area contributed by atoms with Crippen LogP contribution in [-0.2, 0) is 0 Å². The van der Waals surface area contributed by atoms with Crippen LogP contribution in [0.25, 0.3) is 22.2 Å². The number of halogens is 2. The summed E-state index contributed by atoms with van der Waals surface area (Å²) in [4.78, 5) is 0. The van der Waals surface area contributed by atoms with Gasteiger partial charge < -0.3 is 0 Å². The molecule has 0 aliphatic rings. The quantitative estimate of drug-likeness (QED) is 0.631. The van der Waals surface area contributed by atoms with Crippen molar-refractivity contribution in [2.45, 2.75) is 19.9 Å². The van der Waals surface area contributed by atoms with Crippen LogP contribution in [0.2, 0.25) is 0 Å². The van der Waals surface area contributed by atoms with Gasteiger partial charge in [0.1, 0.15) is 17.0 Å². The zero-order valence-corrected chi connectivity index (χ0v) is 12.9. The zero-order chi connectivity index (χ0) is 14.3. The highest BCUT2D eigenvalue weighted by molar-refractivity contribution is 9.10. The first-order valence-electron chi connectivity index (χ1n) is 6.50. The average molecular weight is 333 g/mol. The minimum atomic E-state index is -0.232. The molecule has 0 N–H and O–H groups in total. The zero-order valence-electron chi connectivity index (χ0n) is 11.3. The van der Waals surface area contributed by atoms with E-state index < -0.39 is 0 Å². The maximum atomic E-state index is 14.1. The van der Waals surface area contributed by atoms with Crippen molar-refractivity contribution in [2.75, 3.05) is 0 Å². The summed E-state index contributed by atoms with van der Waals surface area (Å²) >= 11 is 3.47. The van der Waals surface area contributed by atoms with Gasteiger partial charge in [-0.1, -0.05) is 40.2 Å². The molecule has 1 aromatic heterocycles. The minimum Gasteiger partial charge on any atom is -0.259 e. The highest BCUT2D eigenvalue weighted by atomic mass is 79.9. The van der Waals surface area contributed by atoms with Crippen LogP contribution in [0.4, 0.5) is 4.39 Å². The molecule has 0 bridgehead atoms. The van der Waals surface area contributed by atoms with Crippen molar-refractivity contribution >= 4 is 26.8 Å². The number of para-hydroxylation sites is 1. The molecule has 1 heterocycles. The lowest BCUT2D eigenvalue weighted by molar-refractivity contribution is 0.536. The Morgan fingerprint density at radius 2 is 1.90 bits per heavy atom. The summed E-state index contributed by atoms with van der Waals surface area (Å²) in [6.45, 7) is 4.01. The molecule has 102 valence electrons. The molecule has 2 aromatic carbocycles. The molecular weight excluding hydrogens is 319 g/mol. The fraction of sp³-hybridized carbons (Fsp3) is 0.188. The summed E-state index contributed by atoms with van der Waals surface area (Å²) in [5.74, 6) is -0.232. The second-order valence-corrected chi connectivity index (χ2v) is 5.95. The lowest BCUT2D eigenvalue weighted by Gasteiger charge is -2.07. The van der Waals surface area contributed by atoms with Gasteiger partial charge in [0.15, 0.2) is 0 Å². The van der Waals surface area contributed by atoms with Gasteiger partial charge in [0.25, 0.3) is 0 Å². The maximum absolute atomic E-state index is 14.1. The normalized spacial score (nSPS) is 11.4. The molecule has 20 heavy (non-hydrogen) atoms. The van der Waals surface area contributed by atoms with Crippen LogP contribution in [0.5, 0.6) is 0 Å². The minimum absolute atomic E-state index is 0.107. The third-order valence-electron chi connectivity index (χ3n) is 3.27. The summed E-state index contributed by atoms with van der Waals surface area (Å²) in [6, 6.07) is 13.1. The Morgan fingerprint density at radius 1 is 1.15 bits per heavy atom. The third-order valence-corrected chi connectivity index (χ3v) is 3.76. The number of hydrogen-bond donors (Lipinski definition) is 0. The topological polar surface area (TPSA) is 17.8 Å². The van der Waals surface area contributed by atoms with Crippen molar-refractivity contribution in [3.63, 3.8) is 0 Å². The predicted molar refractivity (Wildman–Crippen MR) is 83.2 cm³/mol. The Balaban J connectivity index is 2.35. The molecule has 0 aliphatic carbocycles. The van der Waals surface area contributed by atoms with E-state index in [0.717, 1.165) is 21.1 Å². The smallest absolute Gasteiger partial charge is 0.149 e. The van der Waals surface area contributed by atoms with E-state index in [9.17, 15) is 4.39 Å². The largest absolute Gasteiger partial charge is 0.259 e. The van der Waals surface area contributed by atoms with Gasteiger partial charge in [0.05, 0.1) is 0 Å². The third kappa shape index (κ3) is 2.14. The van der Waals surface area contributed by atoms with Crippen LogP contribution in [0.15, 0.2) is 46.9 Å². The van der Waals surface area contributed by atoms with E-state index in [0.29, 0.717) is 5.52 Å². The van der Waals surface area contributed by atoms with E-state index >= 15 is 0 Å². The fourth-order valence-corrected chi connectivity index (χ4v) is 2.77. The molecule has 2 nitrogen and oxygen atoms in total. The molecule has 0 spiro atoms. The van der Waals surface area contributed by atoms with Gasteiger partial charge in [-0.2, -0.15) is 5.10 Å². The van der Waals surface area contributed by atoms with Crippen molar-refractivity contribution < 1.29 is 4.39 Å². The molecule has 0 radical (unpaired) electrons. The van der Waals surface area contributed by atoms with Crippen molar-refractivity contribution in [1.82, 2.24) is 9.78 Å². The first-order valence-corrected chi connectivity index (χ1v) is 7.30. The Labute approximate surface area is 125 Å². The number of hydrogen-bond acceptors (Lipinski definition) is 1. The van der Waals surface area contributed by atoms with Gasteiger partial charge in [0, 0.05) is 21.5 Å². The molecule has 0 atom stereocenters. The highest BCUT2D eigenvalue weighted by Gasteiger charge is 2.17. The first-order chi connectivity index (χ1) is 9.58. The number of aromatic nitrogens is 2. The van der Waals surface area contributed by atoms with Crippen LogP contribution in [0.3, 0.4) is 0 Å². The van der Waals surface area contributed by atoms with Gasteiger partial charge in [-0.05, 0) is 32.0 Å². The summed E-state index contributed by atoms with van der Waals surface area (Å²) in [6.07, 6.45) is 0. The number of nitrogens with zero attached hydrogens (tertiary/aromatic N) is 2. The predicted octanol–water partition coefficient (Wildman–Crippen LogP) is 5.19. The van der Waals surface area contributed by atoms with Crippen LogP contribution in [0.1, 0.15) is 19.9 Å². The average Bonchev–Trinajstić information content (AvgIpc) is 2.80. The number of benzene rings is 2. The van der Waals surface area contributed by atoms with Crippen LogP contribution in [0, 0.1) is 5.82 Å². The molecule has 0 amide bonds. The molecular formula is C16H14BrFN2. The SMILES string of the molecule is CC(C)n1nc(-c2cccc(Br)c2)c2cccc(F)c21. The Morgan fingerprint density at radius 3 is 2.60 bits per heavy atom. The van der Waals surface area contributed by atoms with Crippen LogP contribution >= 0.6 is 15.9 Å². The molecule has 0 saturated heterocycles. The second kappa shape index (κ2) is 5.02. The Hall–Kier alpha value is -1.68. The van der Waals surface area contributed by atoms with Crippen molar-refractivity contribution in [3.05, 3.63) is 52.8 Å². The number of fused-ring (bicyclic) bond motifs is 1. The lowest BCUT2D eigenvalue weighted by Crippen LogP contribution is -2.03. The molecule has 0 aliphatic heterocycles. The van der Waals surface area contributed by atoms with E-state index in [-0.39, 0.29) is 11.9 Å². The van der Waals surface area contributed by atoms with Gasteiger partial charge in [-0.25, -0.2) is 4.39 Å². The van der Waals surface area contributed by atoms with E-state index in [1.165, 1.54) is 6.07 Å². The monoisotopic (exact) mass is 332 g/mol. The standard InChI is InChI=1S/C16H14BrFN2/c1-10(2)20-16-13(7-4-8-14(16)18)15(19-20)11-5-3-6-12(17)9-11/h3-10H,1-2H3. The van der Waals surface area contributed by atoms with Gasteiger partial charge in [-0.3, -0.25) is 4.68 Å². The summed E-state index contributed by atoms with van der Waals surface area (Å²) in [7, 11) is 0. The molecule has 4 heteroatoms. The fourth-order valence-electron chi connectivity index (χ4n) is 2.37. The summed E-state index contributed by atoms with van der Waals surface area (Å²) in [5.41, 5.74) is 2.36. The van der Waals surface area contributed by atoms with Crippen LogP contribution < -0.4 is 0 Å². The van der Waals surface area contributed by atoms with E-state index in [2.05, 4.69) is 21.0 Å². The Kier molecular flexibility index (Phi) is 3.34. The molecule has 3 rings (SSSR count). The van der Waals surface area contributed by atoms with E-state index in [4.69, 9.17) is 0 Å². The van der Waals surface area contributed by atoms with Gasteiger partial charge >= 0.3 is 0 Å². The van der Waals surface area contributed by atoms with Crippen molar-refractivity contribution in [2.24, 2.45) is 0 Å². The Bertz CT molecular complexity index is 777. The second-order valence-electron chi connectivity index (χ2n) is 5.03. The van der Waals surface area contributed by atoms with Crippen molar-refractivity contribution in [1.29, 1.82) is 0 Å².